The topological polar surface area (TPSA) is 38.3 Å². The van der Waals surface area contributed by atoms with Crippen molar-refractivity contribution in [1.29, 1.82) is 0 Å². The van der Waals surface area contributed by atoms with Crippen LogP contribution < -0.4 is 10.1 Å². The van der Waals surface area contributed by atoms with Crippen molar-refractivity contribution in [2.75, 3.05) is 13.7 Å². The molecule has 1 N–H and O–H groups in total. The normalized spacial score (nSPS) is 10.3. The molecule has 0 heterocycles. The van der Waals surface area contributed by atoms with Crippen LogP contribution in [0.25, 0.3) is 0 Å². The number of benzene rings is 2. The lowest BCUT2D eigenvalue weighted by atomic mass is 10.1. The Hall–Kier alpha value is -2.43. The molecule has 1 amide bonds. The summed E-state index contributed by atoms with van der Waals surface area (Å²) in [5, 5.41) is 2.73. The molecule has 0 unspecified atom stereocenters. The van der Waals surface area contributed by atoms with Crippen LogP contribution in [0.15, 0.2) is 42.5 Å². The third-order valence-electron chi connectivity index (χ3n) is 3.21. The average molecular weight is 305 g/mol. The predicted molar refractivity (Wildman–Crippen MR) is 79.8 cm³/mol. The summed E-state index contributed by atoms with van der Waals surface area (Å²) in [5.74, 6) is -0.335. The molecule has 3 nitrogen and oxygen atoms in total. The summed E-state index contributed by atoms with van der Waals surface area (Å²) >= 11 is 0. The van der Waals surface area contributed by atoms with E-state index in [9.17, 15) is 13.6 Å². The molecule has 0 aromatic heterocycles. The molecule has 0 spiro atoms. The first-order chi connectivity index (χ1) is 10.6. The van der Waals surface area contributed by atoms with Gasteiger partial charge >= 0.3 is 0 Å². The number of rotatable bonds is 6. The van der Waals surface area contributed by atoms with Gasteiger partial charge in [-0.3, -0.25) is 4.79 Å². The summed E-state index contributed by atoms with van der Waals surface area (Å²) in [5.41, 5.74) is 1.30. The molecule has 5 heteroatoms. The fourth-order valence-corrected chi connectivity index (χ4v) is 2.17. The molecule has 0 fully saturated rings. The highest BCUT2D eigenvalue weighted by Gasteiger charge is 2.07. The Kier molecular flexibility index (Phi) is 5.47. The number of methoxy groups -OCH3 is 1. The van der Waals surface area contributed by atoms with Crippen LogP contribution in [0.2, 0.25) is 0 Å². The summed E-state index contributed by atoms with van der Waals surface area (Å²) in [6.07, 6.45) is 0.563. The molecule has 116 valence electrons. The van der Waals surface area contributed by atoms with E-state index in [1.165, 1.54) is 31.4 Å². The number of carbonyl (C=O) groups excluding carboxylic acids is 1. The van der Waals surface area contributed by atoms with E-state index in [0.29, 0.717) is 29.8 Å². The highest BCUT2D eigenvalue weighted by molar-refractivity contribution is 5.78. The summed E-state index contributed by atoms with van der Waals surface area (Å²) in [6.45, 7) is 0.355. The Balaban J connectivity index is 1.86. The van der Waals surface area contributed by atoms with Crippen LogP contribution in [0.5, 0.6) is 5.75 Å². The maximum absolute atomic E-state index is 13.2. The van der Waals surface area contributed by atoms with Gasteiger partial charge in [-0.15, -0.1) is 0 Å². The number of carbonyl (C=O) groups is 1. The molecule has 2 rings (SSSR count). The van der Waals surface area contributed by atoms with Crippen molar-refractivity contribution in [2.45, 2.75) is 12.8 Å². The molecular weight excluding hydrogens is 288 g/mol. The third kappa shape index (κ3) is 4.55. The summed E-state index contributed by atoms with van der Waals surface area (Å²) in [6, 6.07) is 10.2. The van der Waals surface area contributed by atoms with Crippen LogP contribution in [-0.4, -0.2) is 19.6 Å². The SMILES string of the molecule is COc1ccc(F)cc1CCNC(=O)Cc1cccc(F)c1. The zero-order valence-corrected chi connectivity index (χ0v) is 12.2. The van der Waals surface area contributed by atoms with Gasteiger partial charge in [-0.05, 0) is 47.9 Å². The van der Waals surface area contributed by atoms with E-state index >= 15 is 0 Å². The Labute approximate surface area is 127 Å². The maximum atomic E-state index is 13.2. The minimum atomic E-state index is -0.366. The largest absolute Gasteiger partial charge is 0.496 e. The smallest absolute Gasteiger partial charge is 0.224 e. The van der Waals surface area contributed by atoms with Gasteiger partial charge in [0.25, 0.3) is 0 Å². The number of amides is 1. The first kappa shape index (κ1) is 15.9. The molecule has 0 atom stereocenters. The van der Waals surface area contributed by atoms with Gasteiger partial charge < -0.3 is 10.1 Å². The van der Waals surface area contributed by atoms with Crippen LogP contribution in [0.1, 0.15) is 11.1 Å². The Morgan fingerprint density at radius 3 is 2.64 bits per heavy atom. The number of hydrogen-bond acceptors (Lipinski definition) is 2. The fourth-order valence-electron chi connectivity index (χ4n) is 2.17. The van der Waals surface area contributed by atoms with Crippen molar-refractivity contribution in [1.82, 2.24) is 5.32 Å². The van der Waals surface area contributed by atoms with Gasteiger partial charge in [0.2, 0.25) is 5.91 Å². The third-order valence-corrected chi connectivity index (χ3v) is 3.21. The fraction of sp³-hybridized carbons (Fsp3) is 0.235. The van der Waals surface area contributed by atoms with Gasteiger partial charge in [0.15, 0.2) is 0 Å². The van der Waals surface area contributed by atoms with Gasteiger partial charge in [-0.25, -0.2) is 8.78 Å². The van der Waals surface area contributed by atoms with Gasteiger partial charge in [-0.1, -0.05) is 12.1 Å². The van der Waals surface area contributed by atoms with Crippen LogP contribution in [0, 0.1) is 11.6 Å². The monoisotopic (exact) mass is 305 g/mol. The first-order valence-electron chi connectivity index (χ1n) is 6.92. The molecule has 0 aliphatic carbocycles. The van der Waals surface area contributed by atoms with E-state index in [1.54, 1.807) is 18.2 Å². The second kappa shape index (κ2) is 7.54. The lowest BCUT2D eigenvalue weighted by Crippen LogP contribution is -2.27. The maximum Gasteiger partial charge on any atom is 0.224 e. The van der Waals surface area contributed by atoms with E-state index < -0.39 is 0 Å². The molecule has 0 saturated carbocycles. The van der Waals surface area contributed by atoms with Crippen LogP contribution in [0.3, 0.4) is 0 Å². The number of halogens is 2. The predicted octanol–water partition coefficient (Wildman–Crippen LogP) is 2.87. The molecule has 0 aliphatic rings. The van der Waals surface area contributed by atoms with E-state index in [2.05, 4.69) is 5.32 Å². The van der Waals surface area contributed by atoms with Crippen molar-refractivity contribution >= 4 is 5.91 Å². The minimum Gasteiger partial charge on any atom is -0.496 e. The second-order valence-electron chi connectivity index (χ2n) is 4.86. The second-order valence-corrected chi connectivity index (χ2v) is 4.86. The van der Waals surface area contributed by atoms with Crippen LogP contribution in [-0.2, 0) is 17.6 Å². The van der Waals surface area contributed by atoms with Crippen molar-refractivity contribution in [2.24, 2.45) is 0 Å². The lowest BCUT2D eigenvalue weighted by Gasteiger charge is -2.09. The molecule has 0 radical (unpaired) electrons. The Bertz CT molecular complexity index is 659. The van der Waals surface area contributed by atoms with Crippen molar-refractivity contribution in [3.63, 3.8) is 0 Å². The first-order valence-corrected chi connectivity index (χ1v) is 6.92. The summed E-state index contributed by atoms with van der Waals surface area (Å²) in [4.78, 5) is 11.8. The zero-order chi connectivity index (χ0) is 15.9. The van der Waals surface area contributed by atoms with Crippen LogP contribution in [0.4, 0.5) is 8.78 Å². The molecule has 2 aromatic carbocycles. The van der Waals surface area contributed by atoms with Crippen molar-refractivity contribution in [3.8, 4) is 5.75 Å². The summed E-state index contributed by atoms with van der Waals surface area (Å²) < 4.78 is 31.4. The van der Waals surface area contributed by atoms with Gasteiger partial charge in [0.1, 0.15) is 17.4 Å². The lowest BCUT2D eigenvalue weighted by molar-refractivity contribution is -0.120. The van der Waals surface area contributed by atoms with Crippen LogP contribution >= 0.6 is 0 Å². The van der Waals surface area contributed by atoms with E-state index in [-0.39, 0.29) is 24.0 Å². The van der Waals surface area contributed by atoms with E-state index in [0.717, 1.165) is 0 Å². The minimum absolute atomic E-state index is 0.109. The number of ether oxygens (including phenoxy) is 1. The van der Waals surface area contributed by atoms with Gasteiger partial charge in [-0.2, -0.15) is 0 Å². The van der Waals surface area contributed by atoms with E-state index in [1.807, 2.05) is 0 Å². The Morgan fingerprint density at radius 1 is 1.14 bits per heavy atom. The average Bonchev–Trinajstić information content (AvgIpc) is 2.47. The Morgan fingerprint density at radius 2 is 1.91 bits per heavy atom. The number of hydrogen-bond donors (Lipinski definition) is 1. The van der Waals surface area contributed by atoms with Crippen molar-refractivity contribution in [3.05, 3.63) is 65.2 Å². The van der Waals surface area contributed by atoms with E-state index in [4.69, 9.17) is 4.74 Å². The molecule has 0 bridgehead atoms. The number of nitrogens with one attached hydrogen (secondary N) is 1. The van der Waals surface area contributed by atoms with Gasteiger partial charge in [0, 0.05) is 6.54 Å². The highest BCUT2D eigenvalue weighted by atomic mass is 19.1. The molecule has 0 saturated heterocycles. The highest BCUT2D eigenvalue weighted by Crippen LogP contribution is 2.19. The molecule has 2 aromatic rings. The zero-order valence-electron chi connectivity index (χ0n) is 12.2. The molecule has 22 heavy (non-hydrogen) atoms. The molecule has 0 aliphatic heterocycles. The standard InChI is InChI=1S/C17H17F2NO2/c1-22-16-6-5-15(19)11-13(16)7-8-20-17(21)10-12-3-2-4-14(18)9-12/h2-6,9,11H,7-8,10H2,1H3,(H,20,21). The quantitative estimate of drug-likeness (QED) is 0.891. The van der Waals surface area contributed by atoms with Crippen molar-refractivity contribution < 1.29 is 18.3 Å². The molecular formula is C17H17F2NO2. The summed E-state index contributed by atoms with van der Waals surface area (Å²) in [7, 11) is 1.51. The van der Waals surface area contributed by atoms with Gasteiger partial charge in [0.05, 0.1) is 13.5 Å².